The molecule has 0 saturated carbocycles. The maximum Gasteiger partial charge on any atom is 0.125 e. The Bertz CT molecular complexity index is 299. The molecule has 3 heteroatoms. The van der Waals surface area contributed by atoms with Crippen molar-refractivity contribution in [3.05, 3.63) is 29.6 Å². The minimum Gasteiger partial charge on any atom is -0.380 e. The number of halogens is 1. The van der Waals surface area contributed by atoms with Gasteiger partial charge < -0.3 is 11.1 Å². The Kier molecular flexibility index (Phi) is 1.73. The van der Waals surface area contributed by atoms with Crippen molar-refractivity contribution in [1.29, 1.82) is 0 Å². The van der Waals surface area contributed by atoms with E-state index in [1.54, 1.807) is 0 Å². The summed E-state index contributed by atoms with van der Waals surface area (Å²) in [7, 11) is 0. The third-order valence-corrected chi connectivity index (χ3v) is 2.18. The normalized spacial score (nSPS) is 20.3. The lowest BCUT2D eigenvalue weighted by atomic mass is 10.1. The molecule has 2 nitrogen and oxygen atoms in total. The number of fused-ring (bicyclic) bond motifs is 1. The first-order chi connectivity index (χ1) is 5.79. The van der Waals surface area contributed by atoms with Gasteiger partial charge in [0, 0.05) is 18.3 Å². The molecule has 1 unspecified atom stereocenters. The first kappa shape index (κ1) is 7.55. The van der Waals surface area contributed by atoms with E-state index in [2.05, 4.69) is 5.32 Å². The van der Waals surface area contributed by atoms with E-state index in [0.29, 0.717) is 6.54 Å². The van der Waals surface area contributed by atoms with Gasteiger partial charge in [0.1, 0.15) is 5.82 Å². The van der Waals surface area contributed by atoms with Crippen molar-refractivity contribution in [3.8, 4) is 0 Å². The summed E-state index contributed by atoms with van der Waals surface area (Å²) in [6.07, 6.45) is 0.909. The average molecular weight is 166 g/mol. The van der Waals surface area contributed by atoms with Crippen LogP contribution >= 0.6 is 0 Å². The van der Waals surface area contributed by atoms with Crippen molar-refractivity contribution in [2.75, 3.05) is 11.9 Å². The molecule has 0 radical (unpaired) electrons. The third kappa shape index (κ3) is 1.16. The molecule has 1 aliphatic heterocycles. The summed E-state index contributed by atoms with van der Waals surface area (Å²) in [4.78, 5) is 0. The highest BCUT2D eigenvalue weighted by atomic mass is 19.1. The van der Waals surface area contributed by atoms with Crippen molar-refractivity contribution in [3.63, 3.8) is 0 Å². The fourth-order valence-corrected chi connectivity index (χ4v) is 1.54. The SMILES string of the molecule is NCC1Cc2ccc(F)cc2N1. The average Bonchev–Trinajstić information content (AvgIpc) is 2.46. The van der Waals surface area contributed by atoms with Gasteiger partial charge >= 0.3 is 0 Å². The Morgan fingerprint density at radius 3 is 3.17 bits per heavy atom. The molecule has 0 saturated heterocycles. The van der Waals surface area contributed by atoms with Gasteiger partial charge in [-0.2, -0.15) is 0 Å². The molecule has 1 aromatic carbocycles. The highest BCUT2D eigenvalue weighted by Crippen LogP contribution is 2.25. The van der Waals surface area contributed by atoms with E-state index < -0.39 is 0 Å². The summed E-state index contributed by atoms with van der Waals surface area (Å²) >= 11 is 0. The molecule has 1 aliphatic rings. The van der Waals surface area contributed by atoms with E-state index in [9.17, 15) is 4.39 Å². The second-order valence-electron chi connectivity index (χ2n) is 3.08. The van der Waals surface area contributed by atoms with Crippen molar-refractivity contribution in [1.82, 2.24) is 0 Å². The molecular formula is C9H11FN2. The van der Waals surface area contributed by atoms with Crippen LogP contribution in [0, 0.1) is 5.82 Å². The molecule has 0 fully saturated rings. The molecule has 1 atom stereocenters. The van der Waals surface area contributed by atoms with Crippen molar-refractivity contribution >= 4 is 5.69 Å². The van der Waals surface area contributed by atoms with Gasteiger partial charge in [-0.25, -0.2) is 4.39 Å². The van der Waals surface area contributed by atoms with E-state index in [-0.39, 0.29) is 11.9 Å². The van der Waals surface area contributed by atoms with E-state index >= 15 is 0 Å². The molecule has 0 aromatic heterocycles. The van der Waals surface area contributed by atoms with Crippen molar-refractivity contribution < 1.29 is 4.39 Å². The van der Waals surface area contributed by atoms with Crippen molar-refractivity contribution in [2.24, 2.45) is 5.73 Å². The number of nitrogens with one attached hydrogen (secondary N) is 1. The zero-order valence-electron chi connectivity index (χ0n) is 6.68. The predicted molar refractivity (Wildman–Crippen MR) is 46.6 cm³/mol. The van der Waals surface area contributed by atoms with E-state index in [1.807, 2.05) is 6.07 Å². The maximum atomic E-state index is 12.7. The molecule has 0 amide bonds. The zero-order valence-corrected chi connectivity index (χ0v) is 6.68. The number of benzene rings is 1. The van der Waals surface area contributed by atoms with Crippen LogP contribution in [0.25, 0.3) is 0 Å². The monoisotopic (exact) mass is 166 g/mol. The predicted octanol–water partition coefficient (Wildman–Crippen LogP) is 1.12. The Morgan fingerprint density at radius 2 is 2.42 bits per heavy atom. The Labute approximate surface area is 70.6 Å². The van der Waals surface area contributed by atoms with Gasteiger partial charge in [0.2, 0.25) is 0 Å². The number of nitrogens with two attached hydrogens (primary N) is 1. The van der Waals surface area contributed by atoms with Crippen LogP contribution in [-0.2, 0) is 6.42 Å². The fourth-order valence-electron chi connectivity index (χ4n) is 1.54. The number of hydrogen-bond acceptors (Lipinski definition) is 2. The molecule has 0 spiro atoms. The lowest BCUT2D eigenvalue weighted by molar-refractivity contribution is 0.628. The number of anilines is 1. The molecule has 1 heterocycles. The lowest BCUT2D eigenvalue weighted by Gasteiger charge is -2.05. The minimum absolute atomic E-state index is 0.195. The molecule has 0 bridgehead atoms. The van der Waals surface area contributed by atoms with Crippen LogP contribution in [0.4, 0.5) is 10.1 Å². The third-order valence-electron chi connectivity index (χ3n) is 2.18. The smallest absolute Gasteiger partial charge is 0.125 e. The number of hydrogen-bond donors (Lipinski definition) is 2. The van der Waals surface area contributed by atoms with Crippen molar-refractivity contribution in [2.45, 2.75) is 12.5 Å². The Balaban J connectivity index is 2.30. The summed E-state index contributed by atoms with van der Waals surface area (Å²) in [5.74, 6) is -0.195. The lowest BCUT2D eigenvalue weighted by Crippen LogP contribution is -2.25. The van der Waals surface area contributed by atoms with Crippen LogP contribution in [0.5, 0.6) is 0 Å². The molecule has 2 rings (SSSR count). The molecule has 0 aliphatic carbocycles. The number of rotatable bonds is 1. The maximum absolute atomic E-state index is 12.7. The molecular weight excluding hydrogens is 155 g/mol. The van der Waals surface area contributed by atoms with Gasteiger partial charge in [-0.15, -0.1) is 0 Å². The van der Waals surface area contributed by atoms with Crippen LogP contribution in [-0.4, -0.2) is 12.6 Å². The topological polar surface area (TPSA) is 38.0 Å². The standard InChI is InChI=1S/C9H11FN2/c10-7-2-1-6-3-8(5-11)12-9(6)4-7/h1-2,4,8,12H,3,5,11H2. The molecule has 1 aromatic rings. The second kappa shape index (κ2) is 2.75. The van der Waals surface area contributed by atoms with E-state index in [1.165, 1.54) is 12.1 Å². The highest BCUT2D eigenvalue weighted by Gasteiger charge is 2.18. The van der Waals surface area contributed by atoms with Gasteiger partial charge in [0.25, 0.3) is 0 Å². The van der Waals surface area contributed by atoms with Crippen LogP contribution in [0.1, 0.15) is 5.56 Å². The van der Waals surface area contributed by atoms with Crippen LogP contribution in [0.15, 0.2) is 18.2 Å². The van der Waals surface area contributed by atoms with Crippen LogP contribution in [0.2, 0.25) is 0 Å². The summed E-state index contributed by atoms with van der Waals surface area (Å²) in [6.45, 7) is 0.594. The summed E-state index contributed by atoms with van der Waals surface area (Å²) in [5.41, 5.74) is 7.55. The Morgan fingerprint density at radius 1 is 1.58 bits per heavy atom. The minimum atomic E-state index is -0.195. The fraction of sp³-hybridized carbons (Fsp3) is 0.333. The van der Waals surface area contributed by atoms with E-state index in [4.69, 9.17) is 5.73 Å². The summed E-state index contributed by atoms with van der Waals surface area (Å²) in [5, 5.41) is 3.16. The summed E-state index contributed by atoms with van der Waals surface area (Å²) in [6, 6.07) is 5.10. The van der Waals surface area contributed by atoms with Crippen LogP contribution < -0.4 is 11.1 Å². The first-order valence-corrected chi connectivity index (χ1v) is 4.04. The van der Waals surface area contributed by atoms with Gasteiger partial charge in [0.05, 0.1) is 0 Å². The summed E-state index contributed by atoms with van der Waals surface area (Å²) < 4.78 is 12.7. The van der Waals surface area contributed by atoms with Gasteiger partial charge in [-0.05, 0) is 24.1 Å². The highest BCUT2D eigenvalue weighted by molar-refractivity contribution is 5.56. The van der Waals surface area contributed by atoms with Gasteiger partial charge in [-0.1, -0.05) is 6.07 Å². The zero-order chi connectivity index (χ0) is 8.55. The largest absolute Gasteiger partial charge is 0.380 e. The van der Waals surface area contributed by atoms with E-state index in [0.717, 1.165) is 17.7 Å². The molecule has 12 heavy (non-hydrogen) atoms. The van der Waals surface area contributed by atoms with Crippen LogP contribution in [0.3, 0.4) is 0 Å². The first-order valence-electron chi connectivity index (χ1n) is 4.04. The quantitative estimate of drug-likeness (QED) is 0.656. The molecule has 3 N–H and O–H groups in total. The molecule has 64 valence electrons. The second-order valence-corrected chi connectivity index (χ2v) is 3.08. The van der Waals surface area contributed by atoms with Gasteiger partial charge in [-0.3, -0.25) is 0 Å². The van der Waals surface area contributed by atoms with Gasteiger partial charge in [0.15, 0.2) is 0 Å². The Hall–Kier alpha value is -1.09.